The predicted molar refractivity (Wildman–Crippen MR) is 72.3 cm³/mol. The van der Waals surface area contributed by atoms with Gasteiger partial charge in [0.05, 0.1) is 0 Å². The SMILES string of the molecule is CC1CNCCC1NC(=O)NCc1ccccc1. The van der Waals surface area contributed by atoms with Gasteiger partial charge in [-0.25, -0.2) is 4.79 Å². The summed E-state index contributed by atoms with van der Waals surface area (Å²) in [5.41, 5.74) is 1.12. The average molecular weight is 247 g/mol. The first-order valence-corrected chi connectivity index (χ1v) is 6.54. The van der Waals surface area contributed by atoms with E-state index in [2.05, 4.69) is 22.9 Å². The van der Waals surface area contributed by atoms with Gasteiger partial charge in [0.15, 0.2) is 0 Å². The van der Waals surface area contributed by atoms with Crippen LogP contribution in [0.5, 0.6) is 0 Å². The van der Waals surface area contributed by atoms with Gasteiger partial charge in [0.25, 0.3) is 0 Å². The van der Waals surface area contributed by atoms with E-state index in [9.17, 15) is 4.79 Å². The van der Waals surface area contributed by atoms with E-state index < -0.39 is 0 Å². The summed E-state index contributed by atoms with van der Waals surface area (Å²) < 4.78 is 0. The Hall–Kier alpha value is -1.55. The highest BCUT2D eigenvalue weighted by Gasteiger charge is 2.22. The zero-order chi connectivity index (χ0) is 12.8. The number of benzene rings is 1. The average Bonchev–Trinajstić information content (AvgIpc) is 2.40. The smallest absolute Gasteiger partial charge is 0.315 e. The molecule has 0 saturated carbocycles. The lowest BCUT2D eigenvalue weighted by atomic mass is 9.95. The van der Waals surface area contributed by atoms with Crippen LogP contribution in [0.4, 0.5) is 4.79 Å². The lowest BCUT2D eigenvalue weighted by molar-refractivity contribution is 0.224. The van der Waals surface area contributed by atoms with Gasteiger partial charge in [0, 0.05) is 12.6 Å². The van der Waals surface area contributed by atoms with E-state index in [1.54, 1.807) is 0 Å². The number of carbonyl (C=O) groups is 1. The van der Waals surface area contributed by atoms with E-state index in [1.807, 2.05) is 30.3 Å². The Labute approximate surface area is 108 Å². The number of rotatable bonds is 3. The fraction of sp³-hybridized carbons (Fsp3) is 0.500. The number of amides is 2. The Kier molecular flexibility index (Phi) is 4.59. The fourth-order valence-electron chi connectivity index (χ4n) is 2.23. The molecule has 2 unspecified atom stereocenters. The number of nitrogens with one attached hydrogen (secondary N) is 3. The Bertz CT molecular complexity index is 380. The molecule has 2 rings (SSSR count). The molecule has 1 saturated heterocycles. The van der Waals surface area contributed by atoms with E-state index >= 15 is 0 Å². The third kappa shape index (κ3) is 3.74. The molecule has 0 aliphatic carbocycles. The summed E-state index contributed by atoms with van der Waals surface area (Å²) in [6.45, 7) is 4.69. The fourth-order valence-corrected chi connectivity index (χ4v) is 2.23. The van der Waals surface area contributed by atoms with Crippen molar-refractivity contribution in [3.05, 3.63) is 35.9 Å². The maximum absolute atomic E-state index is 11.8. The highest BCUT2D eigenvalue weighted by Crippen LogP contribution is 2.09. The van der Waals surface area contributed by atoms with Gasteiger partial charge in [0.1, 0.15) is 0 Å². The molecule has 18 heavy (non-hydrogen) atoms. The molecule has 98 valence electrons. The third-order valence-electron chi connectivity index (χ3n) is 3.40. The molecule has 2 atom stereocenters. The van der Waals surface area contributed by atoms with Gasteiger partial charge in [-0.3, -0.25) is 0 Å². The molecule has 1 aromatic rings. The van der Waals surface area contributed by atoms with Crippen molar-refractivity contribution < 1.29 is 4.79 Å². The van der Waals surface area contributed by atoms with Crippen molar-refractivity contribution in [3.8, 4) is 0 Å². The molecule has 3 N–H and O–H groups in total. The summed E-state index contributed by atoms with van der Waals surface area (Å²) in [6.07, 6.45) is 1.000. The number of piperidine rings is 1. The van der Waals surface area contributed by atoms with Gasteiger partial charge in [-0.1, -0.05) is 37.3 Å². The minimum Gasteiger partial charge on any atom is -0.335 e. The van der Waals surface area contributed by atoms with Crippen molar-refractivity contribution in [1.82, 2.24) is 16.0 Å². The van der Waals surface area contributed by atoms with Crippen LogP contribution >= 0.6 is 0 Å². The zero-order valence-corrected chi connectivity index (χ0v) is 10.8. The summed E-state index contributed by atoms with van der Waals surface area (Å²) in [4.78, 5) is 11.8. The van der Waals surface area contributed by atoms with Crippen molar-refractivity contribution in [2.75, 3.05) is 13.1 Å². The maximum Gasteiger partial charge on any atom is 0.315 e. The summed E-state index contributed by atoms with van der Waals surface area (Å²) in [5.74, 6) is 0.487. The second-order valence-electron chi connectivity index (χ2n) is 4.89. The Morgan fingerprint density at radius 3 is 2.89 bits per heavy atom. The largest absolute Gasteiger partial charge is 0.335 e. The number of hydrogen-bond donors (Lipinski definition) is 3. The molecular formula is C14H21N3O. The van der Waals surface area contributed by atoms with Crippen LogP contribution in [-0.2, 0) is 6.54 Å². The van der Waals surface area contributed by atoms with E-state index in [-0.39, 0.29) is 12.1 Å². The normalized spacial score (nSPS) is 23.4. The topological polar surface area (TPSA) is 53.2 Å². The van der Waals surface area contributed by atoms with Crippen LogP contribution in [0.2, 0.25) is 0 Å². The van der Waals surface area contributed by atoms with Crippen LogP contribution < -0.4 is 16.0 Å². The number of urea groups is 1. The summed E-state index contributed by atoms with van der Waals surface area (Å²) >= 11 is 0. The molecule has 4 nitrogen and oxygen atoms in total. The number of carbonyl (C=O) groups excluding carboxylic acids is 1. The van der Waals surface area contributed by atoms with E-state index in [0.29, 0.717) is 12.5 Å². The van der Waals surface area contributed by atoms with E-state index in [1.165, 1.54) is 0 Å². The molecule has 1 aliphatic heterocycles. The Morgan fingerprint density at radius 2 is 2.17 bits per heavy atom. The molecule has 1 fully saturated rings. The van der Waals surface area contributed by atoms with Crippen molar-refractivity contribution in [3.63, 3.8) is 0 Å². The van der Waals surface area contributed by atoms with Gasteiger partial charge in [-0.05, 0) is 31.0 Å². The molecule has 0 radical (unpaired) electrons. The van der Waals surface area contributed by atoms with Crippen molar-refractivity contribution in [2.24, 2.45) is 5.92 Å². The second-order valence-corrected chi connectivity index (χ2v) is 4.89. The van der Waals surface area contributed by atoms with Gasteiger partial charge < -0.3 is 16.0 Å². The minimum atomic E-state index is -0.0717. The predicted octanol–water partition coefficient (Wildman–Crippen LogP) is 1.48. The first kappa shape index (κ1) is 12.9. The lowest BCUT2D eigenvalue weighted by Crippen LogP contribution is -2.51. The molecule has 1 aromatic carbocycles. The summed E-state index contributed by atoms with van der Waals surface area (Å²) in [5, 5.41) is 9.27. The zero-order valence-electron chi connectivity index (χ0n) is 10.8. The Balaban J connectivity index is 1.75. The quantitative estimate of drug-likeness (QED) is 0.758. The van der Waals surface area contributed by atoms with Crippen LogP contribution in [0.1, 0.15) is 18.9 Å². The molecule has 0 bridgehead atoms. The molecule has 4 heteroatoms. The molecule has 0 aromatic heterocycles. The first-order chi connectivity index (χ1) is 8.75. The monoisotopic (exact) mass is 247 g/mol. The van der Waals surface area contributed by atoms with Crippen LogP contribution in [0.15, 0.2) is 30.3 Å². The van der Waals surface area contributed by atoms with Crippen LogP contribution in [0, 0.1) is 5.92 Å². The van der Waals surface area contributed by atoms with Gasteiger partial charge in [-0.2, -0.15) is 0 Å². The first-order valence-electron chi connectivity index (χ1n) is 6.54. The van der Waals surface area contributed by atoms with Gasteiger partial charge in [0.2, 0.25) is 0 Å². The highest BCUT2D eigenvalue weighted by molar-refractivity contribution is 5.74. The molecule has 0 spiro atoms. The highest BCUT2D eigenvalue weighted by atomic mass is 16.2. The number of hydrogen-bond acceptors (Lipinski definition) is 2. The molecule has 1 heterocycles. The van der Waals surface area contributed by atoms with Crippen LogP contribution in [0.25, 0.3) is 0 Å². The lowest BCUT2D eigenvalue weighted by Gasteiger charge is -2.30. The Morgan fingerprint density at radius 1 is 1.39 bits per heavy atom. The van der Waals surface area contributed by atoms with E-state index in [4.69, 9.17) is 0 Å². The van der Waals surface area contributed by atoms with Crippen molar-refractivity contribution >= 4 is 6.03 Å². The van der Waals surface area contributed by atoms with Crippen molar-refractivity contribution in [1.29, 1.82) is 0 Å². The standard InChI is InChI=1S/C14H21N3O/c1-11-9-15-8-7-13(11)17-14(18)16-10-12-5-3-2-4-6-12/h2-6,11,13,15H,7-10H2,1H3,(H2,16,17,18). The molecule has 1 aliphatic rings. The second kappa shape index (κ2) is 6.40. The van der Waals surface area contributed by atoms with Gasteiger partial charge in [-0.15, -0.1) is 0 Å². The molecular weight excluding hydrogens is 226 g/mol. The van der Waals surface area contributed by atoms with Crippen molar-refractivity contribution in [2.45, 2.75) is 25.9 Å². The third-order valence-corrected chi connectivity index (χ3v) is 3.40. The summed E-state index contributed by atoms with van der Waals surface area (Å²) in [7, 11) is 0. The van der Waals surface area contributed by atoms with Crippen LogP contribution in [0.3, 0.4) is 0 Å². The minimum absolute atomic E-state index is 0.0717. The maximum atomic E-state index is 11.8. The molecule has 2 amide bonds. The van der Waals surface area contributed by atoms with Gasteiger partial charge >= 0.3 is 6.03 Å². The summed E-state index contributed by atoms with van der Waals surface area (Å²) in [6, 6.07) is 10.1. The van der Waals surface area contributed by atoms with E-state index in [0.717, 1.165) is 25.1 Å². The van der Waals surface area contributed by atoms with Crippen LogP contribution in [-0.4, -0.2) is 25.2 Å².